The summed E-state index contributed by atoms with van der Waals surface area (Å²) in [6.45, 7) is 0. The minimum absolute atomic E-state index is 0.0447. The Balaban J connectivity index is 1.93. The molecule has 3 rings (SSSR count). The van der Waals surface area contributed by atoms with E-state index in [0.717, 1.165) is 17.0 Å². The van der Waals surface area contributed by atoms with Crippen molar-refractivity contribution < 1.29 is 28.5 Å². The van der Waals surface area contributed by atoms with Gasteiger partial charge in [0.15, 0.2) is 28.8 Å². The van der Waals surface area contributed by atoms with E-state index in [1.54, 1.807) is 53.7 Å². The summed E-state index contributed by atoms with van der Waals surface area (Å²) < 4.78 is 26.7. The third-order valence-corrected chi connectivity index (χ3v) is 5.34. The monoisotopic (exact) mass is 451 g/mol. The first-order valence-electron chi connectivity index (χ1n) is 10.4. The summed E-state index contributed by atoms with van der Waals surface area (Å²) in [4.78, 5) is 13.3. The molecule has 0 aromatic heterocycles. The highest BCUT2D eigenvalue weighted by Gasteiger charge is 2.20. The second-order valence-corrected chi connectivity index (χ2v) is 7.24. The second kappa shape index (κ2) is 11.1. The van der Waals surface area contributed by atoms with Gasteiger partial charge in [0.25, 0.3) is 0 Å². The molecule has 33 heavy (non-hydrogen) atoms. The summed E-state index contributed by atoms with van der Waals surface area (Å²) in [6.07, 6.45) is 0.205. The minimum Gasteiger partial charge on any atom is -0.497 e. The predicted octanol–water partition coefficient (Wildman–Crippen LogP) is 5.16. The average molecular weight is 452 g/mol. The van der Waals surface area contributed by atoms with Gasteiger partial charge in [-0.15, -0.1) is 0 Å². The van der Waals surface area contributed by atoms with Crippen LogP contribution in [0.5, 0.6) is 28.7 Å². The molecule has 0 aliphatic rings. The maximum atomic E-state index is 13.3. The molecule has 0 fully saturated rings. The van der Waals surface area contributed by atoms with Gasteiger partial charge in [-0.3, -0.25) is 4.79 Å². The van der Waals surface area contributed by atoms with E-state index in [-0.39, 0.29) is 18.2 Å². The van der Waals surface area contributed by atoms with Crippen molar-refractivity contribution in [3.05, 3.63) is 71.8 Å². The molecule has 0 radical (unpaired) electrons. The summed E-state index contributed by atoms with van der Waals surface area (Å²) in [7, 11) is 7.90. The zero-order valence-electron chi connectivity index (χ0n) is 19.5. The van der Waals surface area contributed by atoms with Crippen molar-refractivity contribution in [2.75, 3.05) is 40.9 Å². The maximum Gasteiger partial charge on any atom is 0.165 e. The van der Waals surface area contributed by atoms with Crippen LogP contribution in [0.25, 0.3) is 0 Å². The molecule has 0 aliphatic carbocycles. The smallest absolute Gasteiger partial charge is 0.165 e. The first-order valence-corrected chi connectivity index (χ1v) is 10.4. The van der Waals surface area contributed by atoms with Crippen LogP contribution in [0.15, 0.2) is 60.7 Å². The normalized spacial score (nSPS) is 11.3. The zero-order valence-corrected chi connectivity index (χ0v) is 19.5. The van der Waals surface area contributed by atoms with E-state index in [1.165, 1.54) is 0 Å². The highest BCUT2D eigenvalue weighted by atomic mass is 16.5. The summed E-state index contributed by atoms with van der Waals surface area (Å²) in [6, 6.07) is 18.0. The van der Waals surface area contributed by atoms with Crippen molar-refractivity contribution >= 4 is 11.5 Å². The van der Waals surface area contributed by atoms with Crippen LogP contribution >= 0.6 is 0 Å². The van der Waals surface area contributed by atoms with Crippen molar-refractivity contribution in [3.63, 3.8) is 0 Å². The van der Waals surface area contributed by atoms with Crippen LogP contribution in [0.3, 0.4) is 0 Å². The topological polar surface area (TPSA) is 75.3 Å². The number of Topliss-reactive ketones (excluding diaryl/α,β-unsaturated/α-hetero) is 1. The first-order chi connectivity index (χ1) is 16.0. The Bertz CT molecular complexity index is 1080. The Morgan fingerprint density at radius 1 is 0.697 bits per heavy atom. The van der Waals surface area contributed by atoms with Crippen molar-refractivity contribution in [1.29, 1.82) is 0 Å². The molecule has 174 valence electrons. The number of methoxy groups -OCH3 is 5. The van der Waals surface area contributed by atoms with Gasteiger partial charge in [-0.1, -0.05) is 6.07 Å². The molecule has 3 aromatic rings. The van der Waals surface area contributed by atoms with Gasteiger partial charge in [0.1, 0.15) is 5.75 Å². The lowest BCUT2D eigenvalue weighted by Crippen LogP contribution is -2.16. The van der Waals surface area contributed by atoms with Crippen LogP contribution in [0.4, 0.5) is 5.69 Å². The lowest BCUT2D eigenvalue weighted by Gasteiger charge is -2.22. The molecule has 0 amide bonds. The molecule has 0 heterocycles. The van der Waals surface area contributed by atoms with Crippen LogP contribution in [0.2, 0.25) is 0 Å². The molecular weight excluding hydrogens is 422 g/mol. The van der Waals surface area contributed by atoms with E-state index >= 15 is 0 Å². The minimum atomic E-state index is -0.321. The number of carbonyl (C=O) groups is 1. The highest BCUT2D eigenvalue weighted by Crippen LogP contribution is 2.34. The molecule has 0 spiro atoms. The Hall–Kier alpha value is -3.87. The second-order valence-electron chi connectivity index (χ2n) is 7.24. The van der Waals surface area contributed by atoms with E-state index in [4.69, 9.17) is 23.7 Å². The van der Waals surface area contributed by atoms with Crippen molar-refractivity contribution in [2.24, 2.45) is 0 Å². The molecule has 0 aliphatic heterocycles. The average Bonchev–Trinajstić information content (AvgIpc) is 2.87. The van der Waals surface area contributed by atoms with Crippen LogP contribution < -0.4 is 29.0 Å². The SMILES string of the molecule is COc1ccc(NC(CC(=O)c2ccc(OC)c(OC)c2)c2ccc(OC)c(OC)c2)cc1. The van der Waals surface area contributed by atoms with Gasteiger partial charge >= 0.3 is 0 Å². The molecule has 1 unspecified atom stereocenters. The van der Waals surface area contributed by atoms with E-state index in [1.807, 2.05) is 42.5 Å². The zero-order chi connectivity index (χ0) is 23.8. The number of anilines is 1. The van der Waals surface area contributed by atoms with Gasteiger partial charge in [-0.25, -0.2) is 0 Å². The molecule has 0 bridgehead atoms. The quantitative estimate of drug-likeness (QED) is 0.404. The van der Waals surface area contributed by atoms with Gasteiger partial charge in [0.05, 0.1) is 41.6 Å². The van der Waals surface area contributed by atoms with Crippen LogP contribution in [0, 0.1) is 0 Å². The number of ether oxygens (including phenoxy) is 5. The van der Waals surface area contributed by atoms with Crippen molar-refractivity contribution in [2.45, 2.75) is 12.5 Å². The molecule has 1 atom stereocenters. The predicted molar refractivity (Wildman–Crippen MR) is 127 cm³/mol. The summed E-state index contributed by atoms with van der Waals surface area (Å²) in [5, 5.41) is 3.46. The van der Waals surface area contributed by atoms with Gasteiger partial charge in [0.2, 0.25) is 0 Å². The number of ketones is 1. The van der Waals surface area contributed by atoms with E-state index in [9.17, 15) is 4.79 Å². The van der Waals surface area contributed by atoms with Crippen molar-refractivity contribution in [3.8, 4) is 28.7 Å². The Morgan fingerprint density at radius 3 is 1.85 bits per heavy atom. The van der Waals surface area contributed by atoms with E-state index in [0.29, 0.717) is 28.6 Å². The Labute approximate surface area is 194 Å². The summed E-state index contributed by atoms with van der Waals surface area (Å²) in [5.41, 5.74) is 2.28. The highest BCUT2D eigenvalue weighted by molar-refractivity contribution is 5.97. The Kier molecular flexibility index (Phi) is 8.02. The molecule has 0 saturated heterocycles. The number of rotatable bonds is 11. The maximum absolute atomic E-state index is 13.3. The van der Waals surface area contributed by atoms with Crippen LogP contribution in [0.1, 0.15) is 28.4 Å². The number of nitrogens with one attached hydrogen (secondary N) is 1. The number of carbonyl (C=O) groups excluding carboxylic acids is 1. The fraction of sp³-hybridized carbons (Fsp3) is 0.269. The Morgan fingerprint density at radius 2 is 1.27 bits per heavy atom. The van der Waals surface area contributed by atoms with Gasteiger partial charge < -0.3 is 29.0 Å². The van der Waals surface area contributed by atoms with Crippen LogP contribution in [-0.4, -0.2) is 41.3 Å². The third kappa shape index (κ3) is 5.68. The lowest BCUT2D eigenvalue weighted by atomic mass is 9.96. The molecule has 1 N–H and O–H groups in total. The number of hydrogen-bond donors (Lipinski definition) is 1. The largest absolute Gasteiger partial charge is 0.497 e. The van der Waals surface area contributed by atoms with Gasteiger partial charge in [-0.05, 0) is 60.2 Å². The fourth-order valence-corrected chi connectivity index (χ4v) is 3.52. The third-order valence-electron chi connectivity index (χ3n) is 5.34. The lowest BCUT2D eigenvalue weighted by molar-refractivity contribution is 0.0976. The van der Waals surface area contributed by atoms with Gasteiger partial charge in [-0.2, -0.15) is 0 Å². The molecule has 0 saturated carbocycles. The fourth-order valence-electron chi connectivity index (χ4n) is 3.52. The summed E-state index contributed by atoms with van der Waals surface area (Å²) >= 11 is 0. The van der Waals surface area contributed by atoms with E-state index < -0.39 is 0 Å². The number of benzene rings is 3. The first kappa shape index (κ1) is 23.8. The van der Waals surface area contributed by atoms with Crippen LogP contribution in [-0.2, 0) is 0 Å². The molecular formula is C26H29NO6. The number of hydrogen-bond acceptors (Lipinski definition) is 7. The molecule has 3 aromatic carbocycles. The van der Waals surface area contributed by atoms with Crippen molar-refractivity contribution in [1.82, 2.24) is 0 Å². The molecule has 7 heteroatoms. The van der Waals surface area contributed by atoms with E-state index in [2.05, 4.69) is 5.32 Å². The molecule has 7 nitrogen and oxygen atoms in total. The summed E-state index contributed by atoms with van der Waals surface area (Å²) in [5.74, 6) is 3.00. The standard InChI is InChI=1S/C26H29NO6/c1-29-20-10-8-19(9-11-20)27-21(17-6-12-23(30-2)25(14-17)32-4)16-22(28)18-7-13-24(31-3)26(15-18)33-5/h6-15,21,27H,16H2,1-5H3. The van der Waals surface area contributed by atoms with Gasteiger partial charge in [0, 0.05) is 17.7 Å².